The highest BCUT2D eigenvalue weighted by Crippen LogP contribution is 2.50. The van der Waals surface area contributed by atoms with Crippen LogP contribution in [0.2, 0.25) is 0 Å². The molecular weight excluding hydrogens is 797 g/mol. The molecule has 1 heterocycles. The third-order valence-electron chi connectivity index (χ3n) is 12.1. The molecule has 0 unspecified atom stereocenters. The highest BCUT2D eigenvalue weighted by Gasteiger charge is 2.24. The second-order valence-electron chi connectivity index (χ2n) is 16.2. The van der Waals surface area contributed by atoms with E-state index in [0.29, 0.717) is 5.82 Å². The van der Waals surface area contributed by atoms with Crippen LogP contribution in [0.1, 0.15) is 5.69 Å². The molecule has 9 aromatic carbocycles. The van der Waals surface area contributed by atoms with E-state index in [-0.39, 0.29) is 0 Å². The van der Waals surface area contributed by atoms with Crippen LogP contribution in [0.3, 0.4) is 0 Å². The Balaban J connectivity index is 1.08. The largest absolute Gasteiger partial charge is 0.228 e. The van der Waals surface area contributed by atoms with Crippen LogP contribution in [0.15, 0.2) is 268 Å². The second kappa shape index (κ2) is 18.9. The highest BCUT2D eigenvalue weighted by molar-refractivity contribution is 6.07. The van der Waals surface area contributed by atoms with Crippen LogP contribution in [0.25, 0.3) is 106 Å². The molecule has 0 fully saturated rings. The van der Waals surface area contributed by atoms with Crippen LogP contribution in [0, 0.1) is 0 Å². The van der Waals surface area contributed by atoms with Crippen molar-refractivity contribution in [1.82, 2.24) is 9.97 Å². The minimum Gasteiger partial charge on any atom is -0.228 e. The number of hydrogen-bond acceptors (Lipinski definition) is 2. The zero-order valence-electron chi connectivity index (χ0n) is 36.6. The van der Waals surface area contributed by atoms with E-state index in [1.165, 1.54) is 50.1 Å². The van der Waals surface area contributed by atoms with E-state index in [4.69, 9.17) is 9.97 Å². The van der Waals surface area contributed by atoms with Gasteiger partial charge in [-0.25, -0.2) is 9.97 Å². The minimum atomic E-state index is 0.649. The van der Waals surface area contributed by atoms with Gasteiger partial charge in [-0.2, -0.15) is 0 Å². The molecule has 0 aliphatic heterocycles. The lowest BCUT2D eigenvalue weighted by Crippen LogP contribution is -1.98. The first-order valence-electron chi connectivity index (χ1n) is 22.3. The summed E-state index contributed by atoms with van der Waals surface area (Å²) in [6.07, 6.45) is 5.50. The average molecular weight is 843 g/mol. The van der Waals surface area contributed by atoms with E-state index in [9.17, 15) is 0 Å². The Morgan fingerprint density at radius 2 is 0.727 bits per heavy atom. The molecule has 10 aromatic rings. The van der Waals surface area contributed by atoms with Gasteiger partial charge < -0.3 is 0 Å². The summed E-state index contributed by atoms with van der Waals surface area (Å²) in [6, 6.07) is 84.3. The molecule has 0 atom stereocenters. The van der Waals surface area contributed by atoms with Gasteiger partial charge in [0.15, 0.2) is 5.82 Å². The summed E-state index contributed by atoms with van der Waals surface area (Å²) in [5, 5.41) is 0. The van der Waals surface area contributed by atoms with Crippen molar-refractivity contribution in [2.75, 3.05) is 0 Å². The smallest absolute Gasteiger partial charge is 0.160 e. The minimum absolute atomic E-state index is 0.649. The molecule has 0 radical (unpaired) electrons. The molecule has 2 heteroatoms. The van der Waals surface area contributed by atoms with Crippen molar-refractivity contribution < 1.29 is 0 Å². The Hall–Kier alpha value is -8.72. The predicted molar refractivity (Wildman–Crippen MR) is 279 cm³/mol. The number of hydrogen-bond donors (Lipinski definition) is 0. The van der Waals surface area contributed by atoms with E-state index in [1.54, 1.807) is 6.08 Å². The third kappa shape index (κ3) is 8.52. The number of aromatic nitrogens is 2. The van der Waals surface area contributed by atoms with Crippen molar-refractivity contribution >= 4 is 5.57 Å². The Bertz CT molecular complexity index is 3340. The summed E-state index contributed by atoms with van der Waals surface area (Å²) in [4.78, 5) is 10.1. The molecule has 0 bridgehead atoms. The van der Waals surface area contributed by atoms with Crippen LogP contribution in [-0.4, -0.2) is 9.97 Å². The lowest BCUT2D eigenvalue weighted by Gasteiger charge is -2.24. The zero-order valence-corrected chi connectivity index (χ0v) is 36.6. The van der Waals surface area contributed by atoms with Crippen LogP contribution in [0.5, 0.6) is 0 Å². The Kier molecular flexibility index (Phi) is 11.9. The normalized spacial score (nSPS) is 11.2. The van der Waals surface area contributed by atoms with Gasteiger partial charge in [-0.3, -0.25) is 0 Å². The summed E-state index contributed by atoms with van der Waals surface area (Å²) >= 11 is 0. The fourth-order valence-electron chi connectivity index (χ4n) is 8.88. The first kappa shape index (κ1) is 41.3. The summed E-state index contributed by atoms with van der Waals surface area (Å²) in [7, 11) is 0. The fourth-order valence-corrected chi connectivity index (χ4v) is 8.88. The van der Waals surface area contributed by atoms with Gasteiger partial charge in [-0.15, -0.1) is 0 Å². The van der Waals surface area contributed by atoms with Gasteiger partial charge in [-0.05, 0) is 108 Å². The van der Waals surface area contributed by atoms with Crippen molar-refractivity contribution in [3.05, 3.63) is 274 Å². The second-order valence-corrected chi connectivity index (χ2v) is 16.2. The van der Waals surface area contributed by atoms with E-state index < -0.39 is 0 Å². The van der Waals surface area contributed by atoms with Crippen molar-refractivity contribution in [2.24, 2.45) is 0 Å². The van der Waals surface area contributed by atoms with Crippen LogP contribution >= 0.6 is 0 Å². The number of allylic oxidation sites excluding steroid dienone is 4. The summed E-state index contributed by atoms with van der Waals surface area (Å²) < 4.78 is 0. The van der Waals surface area contributed by atoms with Gasteiger partial charge in [0, 0.05) is 11.1 Å². The molecule has 312 valence electrons. The summed E-state index contributed by atoms with van der Waals surface area (Å²) in [5.41, 5.74) is 20.8. The zero-order chi connectivity index (χ0) is 44.7. The van der Waals surface area contributed by atoms with Crippen molar-refractivity contribution in [3.8, 4) is 101 Å². The quantitative estimate of drug-likeness (QED) is 0.115. The lowest BCUT2D eigenvalue weighted by molar-refractivity contribution is 1.16. The summed E-state index contributed by atoms with van der Waals surface area (Å²) in [6.45, 7) is 7.96. The van der Waals surface area contributed by atoms with Crippen LogP contribution < -0.4 is 0 Å². The topological polar surface area (TPSA) is 25.8 Å². The molecular formula is C64H46N2. The SMILES string of the molecule is C=C/C=C(\C=C)c1cc(-c2ccccc2)nc(-c2cccc(-c3ccc(-c4cccc(-c5cc(-c6ccccc6)c(-c6ccccc6)c(-c6ccccc6)c5-c5ccccc5)c4)cc3)c2)n1. The standard InChI is InChI=1S/C64H46N2/c1-3-22-45(4-2)59-44-60(49-25-12-6-13-26-49)66-64(65-59)56-36-21-34-54(42-56)47-39-37-46(38-40-47)53-33-20-35-55(41-53)58-43-57(48-23-10-5-11-24-48)61(50-27-14-7-15-28-50)63(52-31-18-9-19-32-52)62(58)51-29-16-8-17-30-51/h3-44H,1-2H2/b45-22+. The molecule has 0 aliphatic rings. The Morgan fingerprint density at radius 3 is 1.23 bits per heavy atom. The molecule has 0 amide bonds. The molecule has 10 rings (SSSR count). The number of nitrogens with zero attached hydrogens (tertiary/aromatic N) is 2. The van der Waals surface area contributed by atoms with E-state index in [0.717, 1.165) is 55.9 Å². The maximum atomic E-state index is 5.06. The van der Waals surface area contributed by atoms with Crippen molar-refractivity contribution in [2.45, 2.75) is 0 Å². The lowest BCUT2D eigenvalue weighted by atomic mass is 9.78. The van der Waals surface area contributed by atoms with Crippen LogP contribution in [-0.2, 0) is 0 Å². The van der Waals surface area contributed by atoms with Gasteiger partial charge in [0.2, 0.25) is 0 Å². The molecule has 0 aliphatic carbocycles. The van der Waals surface area contributed by atoms with Crippen molar-refractivity contribution in [3.63, 3.8) is 0 Å². The fraction of sp³-hybridized carbons (Fsp3) is 0. The monoisotopic (exact) mass is 842 g/mol. The molecule has 2 nitrogen and oxygen atoms in total. The van der Waals surface area contributed by atoms with E-state index >= 15 is 0 Å². The van der Waals surface area contributed by atoms with Gasteiger partial charge >= 0.3 is 0 Å². The first-order valence-corrected chi connectivity index (χ1v) is 22.3. The van der Waals surface area contributed by atoms with Gasteiger partial charge in [0.25, 0.3) is 0 Å². The Morgan fingerprint density at radius 1 is 0.318 bits per heavy atom. The van der Waals surface area contributed by atoms with E-state index in [1.807, 2.05) is 36.4 Å². The number of benzene rings is 9. The molecule has 0 N–H and O–H groups in total. The highest BCUT2D eigenvalue weighted by atomic mass is 14.9. The van der Waals surface area contributed by atoms with Crippen LogP contribution in [0.4, 0.5) is 0 Å². The van der Waals surface area contributed by atoms with Gasteiger partial charge in [0.1, 0.15) is 0 Å². The average Bonchev–Trinajstić information content (AvgIpc) is 3.41. The molecule has 0 saturated carbocycles. The summed E-state index contributed by atoms with van der Waals surface area (Å²) in [5.74, 6) is 0.649. The van der Waals surface area contributed by atoms with Crippen molar-refractivity contribution in [1.29, 1.82) is 0 Å². The molecule has 0 saturated heterocycles. The number of rotatable bonds is 12. The third-order valence-corrected chi connectivity index (χ3v) is 12.1. The van der Waals surface area contributed by atoms with Gasteiger partial charge in [0.05, 0.1) is 11.4 Å². The Labute approximate surface area is 388 Å². The molecule has 0 spiro atoms. The van der Waals surface area contributed by atoms with E-state index in [2.05, 4.69) is 225 Å². The molecule has 1 aromatic heterocycles. The van der Waals surface area contributed by atoms with Gasteiger partial charge in [-0.1, -0.05) is 244 Å². The molecule has 66 heavy (non-hydrogen) atoms. The predicted octanol–water partition coefficient (Wildman–Crippen LogP) is 17.2. The first-order chi connectivity index (χ1) is 32.6. The maximum Gasteiger partial charge on any atom is 0.160 e. The maximum absolute atomic E-state index is 5.06.